The van der Waals surface area contributed by atoms with Gasteiger partial charge in [0.05, 0.1) is 17.0 Å². The Labute approximate surface area is 171 Å². The highest BCUT2D eigenvalue weighted by molar-refractivity contribution is 7.92. The molecule has 3 aromatic rings. The van der Waals surface area contributed by atoms with Gasteiger partial charge in [0, 0.05) is 18.3 Å². The van der Waals surface area contributed by atoms with E-state index >= 15 is 0 Å². The van der Waals surface area contributed by atoms with Gasteiger partial charge in [0.2, 0.25) is 0 Å². The van der Waals surface area contributed by atoms with Crippen molar-refractivity contribution in [2.24, 2.45) is 0 Å². The number of anilines is 1. The Hall–Kier alpha value is -2.88. The SMILES string of the molecule is CC(C)(C)c1ccc(S(=O)(=O)Nc2ccn(Cc3c(F)c(F)cc(F)c3F)n2)cc1. The van der Waals surface area contributed by atoms with Crippen LogP contribution >= 0.6 is 0 Å². The molecule has 0 atom stereocenters. The Bertz CT molecular complexity index is 1160. The zero-order valence-corrected chi connectivity index (χ0v) is 17.2. The highest BCUT2D eigenvalue weighted by Gasteiger charge is 2.21. The Morgan fingerprint density at radius 1 is 0.967 bits per heavy atom. The van der Waals surface area contributed by atoms with Crippen molar-refractivity contribution in [1.29, 1.82) is 0 Å². The van der Waals surface area contributed by atoms with Crippen LogP contribution in [0.3, 0.4) is 0 Å². The molecule has 0 aliphatic heterocycles. The lowest BCUT2D eigenvalue weighted by Crippen LogP contribution is -2.15. The van der Waals surface area contributed by atoms with Gasteiger partial charge in [-0.1, -0.05) is 32.9 Å². The van der Waals surface area contributed by atoms with E-state index in [0.717, 1.165) is 10.2 Å². The summed E-state index contributed by atoms with van der Waals surface area (Å²) < 4.78 is 82.6. The highest BCUT2D eigenvalue weighted by Crippen LogP contribution is 2.24. The molecular weight excluding hydrogens is 422 g/mol. The van der Waals surface area contributed by atoms with Gasteiger partial charge in [-0.3, -0.25) is 9.40 Å². The molecule has 0 spiro atoms. The zero-order chi connectivity index (χ0) is 22.3. The average Bonchev–Trinajstić information content (AvgIpc) is 3.09. The van der Waals surface area contributed by atoms with Crippen LogP contribution in [0.2, 0.25) is 0 Å². The summed E-state index contributed by atoms with van der Waals surface area (Å²) in [5.41, 5.74) is -0.0463. The Morgan fingerprint density at radius 3 is 2.07 bits per heavy atom. The molecule has 0 aliphatic rings. The topological polar surface area (TPSA) is 64.0 Å². The molecule has 0 saturated carbocycles. The largest absolute Gasteiger partial charge is 0.266 e. The Morgan fingerprint density at radius 2 is 1.53 bits per heavy atom. The number of benzene rings is 2. The van der Waals surface area contributed by atoms with E-state index in [-0.39, 0.29) is 22.2 Å². The van der Waals surface area contributed by atoms with Crippen LogP contribution < -0.4 is 4.72 Å². The molecule has 1 aromatic heterocycles. The molecule has 0 bridgehead atoms. The van der Waals surface area contributed by atoms with Crippen molar-refractivity contribution in [1.82, 2.24) is 9.78 Å². The molecule has 1 N–H and O–H groups in total. The molecule has 160 valence electrons. The first kappa shape index (κ1) is 21.8. The molecule has 0 saturated heterocycles. The second-order valence-electron chi connectivity index (χ2n) is 7.73. The van der Waals surface area contributed by atoms with Crippen molar-refractivity contribution >= 4 is 15.8 Å². The summed E-state index contributed by atoms with van der Waals surface area (Å²) in [5.74, 6) is -6.25. The third kappa shape index (κ3) is 4.48. The number of rotatable bonds is 5. The maximum Gasteiger partial charge on any atom is 0.263 e. The first-order valence-corrected chi connectivity index (χ1v) is 10.4. The van der Waals surface area contributed by atoms with Crippen LogP contribution in [0.15, 0.2) is 47.5 Å². The van der Waals surface area contributed by atoms with Crippen LogP contribution in [-0.4, -0.2) is 18.2 Å². The van der Waals surface area contributed by atoms with Crippen molar-refractivity contribution < 1.29 is 26.0 Å². The van der Waals surface area contributed by atoms with Gasteiger partial charge in [-0.2, -0.15) is 5.10 Å². The van der Waals surface area contributed by atoms with Crippen molar-refractivity contribution in [2.75, 3.05) is 4.72 Å². The molecule has 0 amide bonds. The number of nitrogens with one attached hydrogen (secondary N) is 1. The van der Waals surface area contributed by atoms with Crippen LogP contribution in [0.4, 0.5) is 23.4 Å². The fraction of sp³-hybridized carbons (Fsp3) is 0.250. The van der Waals surface area contributed by atoms with Gasteiger partial charge in [0.15, 0.2) is 29.1 Å². The number of hydrogen-bond donors (Lipinski definition) is 1. The van der Waals surface area contributed by atoms with E-state index in [0.29, 0.717) is 0 Å². The van der Waals surface area contributed by atoms with Crippen molar-refractivity contribution in [3.05, 3.63) is 77.0 Å². The quantitative estimate of drug-likeness (QED) is 0.466. The molecule has 0 fully saturated rings. The monoisotopic (exact) mass is 441 g/mol. The molecule has 2 aromatic carbocycles. The Balaban J connectivity index is 1.80. The minimum Gasteiger partial charge on any atom is -0.266 e. The molecule has 0 aliphatic carbocycles. The Kier molecular flexibility index (Phi) is 5.64. The summed E-state index contributed by atoms with van der Waals surface area (Å²) in [6, 6.07) is 7.70. The molecule has 10 heteroatoms. The van der Waals surface area contributed by atoms with E-state index in [1.54, 1.807) is 12.1 Å². The van der Waals surface area contributed by atoms with E-state index in [2.05, 4.69) is 9.82 Å². The molecule has 5 nitrogen and oxygen atoms in total. The van der Waals surface area contributed by atoms with Gasteiger partial charge in [0.1, 0.15) is 0 Å². The van der Waals surface area contributed by atoms with Crippen LogP contribution in [0, 0.1) is 23.3 Å². The fourth-order valence-corrected chi connectivity index (χ4v) is 3.75. The summed E-state index contributed by atoms with van der Waals surface area (Å²) in [6.07, 6.45) is 1.22. The molecule has 1 heterocycles. The lowest BCUT2D eigenvalue weighted by Gasteiger charge is -2.19. The molecule has 0 radical (unpaired) electrons. The van der Waals surface area contributed by atoms with E-state index in [9.17, 15) is 26.0 Å². The van der Waals surface area contributed by atoms with Crippen LogP contribution in [0.1, 0.15) is 31.9 Å². The molecular formula is C20H19F4N3O2S. The predicted octanol–water partition coefficient (Wildman–Crippen LogP) is 4.59. The maximum absolute atomic E-state index is 13.8. The van der Waals surface area contributed by atoms with Gasteiger partial charge in [-0.15, -0.1) is 0 Å². The summed E-state index contributed by atoms with van der Waals surface area (Å²) in [4.78, 5) is 0.00865. The summed E-state index contributed by atoms with van der Waals surface area (Å²) in [6.45, 7) is 5.36. The average molecular weight is 441 g/mol. The van der Waals surface area contributed by atoms with E-state index in [1.165, 1.54) is 24.4 Å². The van der Waals surface area contributed by atoms with Gasteiger partial charge in [-0.05, 0) is 23.1 Å². The van der Waals surface area contributed by atoms with Crippen LogP contribution in [-0.2, 0) is 22.0 Å². The van der Waals surface area contributed by atoms with Gasteiger partial charge >= 0.3 is 0 Å². The van der Waals surface area contributed by atoms with Gasteiger partial charge < -0.3 is 0 Å². The number of hydrogen-bond acceptors (Lipinski definition) is 3. The second-order valence-corrected chi connectivity index (χ2v) is 9.41. The lowest BCUT2D eigenvalue weighted by atomic mass is 9.87. The van der Waals surface area contributed by atoms with Crippen molar-refractivity contribution in [2.45, 2.75) is 37.6 Å². The predicted molar refractivity (Wildman–Crippen MR) is 104 cm³/mol. The normalized spacial score (nSPS) is 12.2. The third-order valence-corrected chi connectivity index (χ3v) is 5.80. The van der Waals surface area contributed by atoms with E-state index < -0.39 is 45.4 Å². The highest BCUT2D eigenvalue weighted by atomic mass is 32.2. The summed E-state index contributed by atoms with van der Waals surface area (Å²) in [7, 11) is -3.96. The van der Waals surface area contributed by atoms with E-state index in [4.69, 9.17) is 0 Å². The summed E-state index contributed by atoms with van der Waals surface area (Å²) in [5, 5.41) is 3.86. The molecule has 30 heavy (non-hydrogen) atoms. The van der Waals surface area contributed by atoms with Crippen molar-refractivity contribution in [3.8, 4) is 0 Å². The van der Waals surface area contributed by atoms with Gasteiger partial charge in [0.25, 0.3) is 10.0 Å². The number of nitrogens with zero attached hydrogens (tertiary/aromatic N) is 2. The minimum atomic E-state index is -3.96. The molecule has 3 rings (SSSR count). The second kappa shape index (κ2) is 7.75. The van der Waals surface area contributed by atoms with Gasteiger partial charge in [-0.25, -0.2) is 26.0 Å². The molecule has 0 unspecified atom stereocenters. The lowest BCUT2D eigenvalue weighted by molar-refractivity contribution is 0.431. The standard InChI is InChI=1S/C20H19F4N3O2S/c1-20(2,3)12-4-6-13(7-5-12)30(28,29)26-17-8-9-27(25-17)11-14-18(23)15(21)10-16(22)19(14)24/h4-10H,11H2,1-3H3,(H,25,26). The minimum absolute atomic E-state index is 0.00865. The zero-order valence-electron chi connectivity index (χ0n) is 16.4. The number of halogens is 4. The van der Waals surface area contributed by atoms with Crippen LogP contribution in [0.5, 0.6) is 0 Å². The first-order chi connectivity index (χ1) is 13.9. The smallest absolute Gasteiger partial charge is 0.263 e. The fourth-order valence-electron chi connectivity index (χ4n) is 2.76. The van der Waals surface area contributed by atoms with Crippen LogP contribution in [0.25, 0.3) is 0 Å². The van der Waals surface area contributed by atoms with E-state index in [1.807, 2.05) is 20.8 Å². The first-order valence-electron chi connectivity index (χ1n) is 8.87. The van der Waals surface area contributed by atoms with Crippen molar-refractivity contribution in [3.63, 3.8) is 0 Å². The number of sulfonamides is 1. The maximum atomic E-state index is 13.8. The summed E-state index contributed by atoms with van der Waals surface area (Å²) >= 11 is 0. The number of aromatic nitrogens is 2. The third-order valence-electron chi connectivity index (χ3n) is 4.43.